The lowest BCUT2D eigenvalue weighted by atomic mass is 9.98. The van der Waals surface area contributed by atoms with Crippen molar-refractivity contribution in [3.05, 3.63) is 71.5 Å². The zero-order valence-corrected chi connectivity index (χ0v) is 13.9. The topological polar surface area (TPSA) is 47.1 Å². The van der Waals surface area contributed by atoms with Gasteiger partial charge in [0.2, 0.25) is 0 Å². The Morgan fingerprint density at radius 2 is 1.92 bits per heavy atom. The number of aryl methyl sites for hydroxylation is 1. The number of fused-ring (bicyclic) bond motifs is 1. The molecule has 0 spiro atoms. The summed E-state index contributed by atoms with van der Waals surface area (Å²) >= 11 is 0. The normalized spacial score (nSPS) is 13.3. The van der Waals surface area contributed by atoms with Crippen LogP contribution in [0.15, 0.2) is 54.6 Å². The summed E-state index contributed by atoms with van der Waals surface area (Å²) in [6.45, 7) is 2.40. The number of nitrogens with two attached hydrogens (primary N) is 1. The molecule has 4 rings (SSSR count). The molecule has 0 atom stereocenters. The highest BCUT2D eigenvalue weighted by atomic mass is 15.3. The highest BCUT2D eigenvalue weighted by Crippen LogP contribution is 2.36. The van der Waals surface area contributed by atoms with E-state index >= 15 is 0 Å². The Kier molecular flexibility index (Phi) is 3.82. The molecule has 0 unspecified atom stereocenters. The first kappa shape index (κ1) is 15.0. The Morgan fingerprint density at radius 1 is 1.08 bits per heavy atom. The molecule has 0 amide bonds. The second-order valence-corrected chi connectivity index (χ2v) is 6.30. The van der Waals surface area contributed by atoms with E-state index in [0.29, 0.717) is 6.54 Å². The van der Waals surface area contributed by atoms with E-state index in [1.165, 1.54) is 28.1 Å². The van der Waals surface area contributed by atoms with E-state index in [1.54, 1.807) is 0 Å². The molecule has 2 aromatic carbocycles. The van der Waals surface area contributed by atoms with Crippen molar-refractivity contribution >= 4 is 5.69 Å². The average molecular weight is 318 g/mol. The van der Waals surface area contributed by atoms with Gasteiger partial charge in [-0.25, -0.2) is 0 Å². The van der Waals surface area contributed by atoms with Gasteiger partial charge < -0.3 is 10.6 Å². The van der Waals surface area contributed by atoms with Crippen LogP contribution in [0.4, 0.5) is 5.69 Å². The van der Waals surface area contributed by atoms with Crippen LogP contribution in [0.3, 0.4) is 0 Å². The van der Waals surface area contributed by atoms with Gasteiger partial charge in [0.15, 0.2) is 0 Å². The molecule has 0 saturated heterocycles. The summed E-state index contributed by atoms with van der Waals surface area (Å²) in [5.41, 5.74) is 13.3. The van der Waals surface area contributed by atoms with Crippen LogP contribution < -0.4 is 10.6 Å². The van der Waals surface area contributed by atoms with Crippen molar-refractivity contribution in [3.8, 4) is 11.1 Å². The zero-order chi connectivity index (χ0) is 16.5. The van der Waals surface area contributed by atoms with E-state index in [4.69, 9.17) is 5.73 Å². The van der Waals surface area contributed by atoms with Gasteiger partial charge in [-0.2, -0.15) is 5.10 Å². The Morgan fingerprint density at radius 3 is 2.67 bits per heavy atom. The first-order valence-electron chi connectivity index (χ1n) is 8.40. The molecule has 0 saturated carbocycles. The van der Waals surface area contributed by atoms with Crippen LogP contribution in [0.5, 0.6) is 0 Å². The summed E-state index contributed by atoms with van der Waals surface area (Å²) in [6, 6.07) is 19.4. The van der Waals surface area contributed by atoms with Crippen LogP contribution in [0.1, 0.15) is 17.0 Å². The minimum atomic E-state index is 0.489. The van der Waals surface area contributed by atoms with Crippen LogP contribution >= 0.6 is 0 Å². The highest BCUT2D eigenvalue weighted by Gasteiger charge is 2.23. The molecular formula is C20H22N4. The number of rotatable bonds is 4. The van der Waals surface area contributed by atoms with Crippen LogP contribution in [-0.2, 0) is 26.6 Å². The van der Waals surface area contributed by atoms with Crippen molar-refractivity contribution in [2.24, 2.45) is 12.8 Å². The van der Waals surface area contributed by atoms with Crippen molar-refractivity contribution in [3.63, 3.8) is 0 Å². The lowest BCUT2D eigenvalue weighted by molar-refractivity contribution is 0.679. The van der Waals surface area contributed by atoms with E-state index in [0.717, 1.165) is 25.2 Å². The van der Waals surface area contributed by atoms with Gasteiger partial charge in [0.1, 0.15) is 0 Å². The SMILES string of the molecule is Cn1nc(CN)cc1CN1CCc2c(-c3ccccc3)cccc21. The van der Waals surface area contributed by atoms with E-state index < -0.39 is 0 Å². The third kappa shape index (κ3) is 2.59. The van der Waals surface area contributed by atoms with Gasteiger partial charge in [-0.1, -0.05) is 42.5 Å². The maximum Gasteiger partial charge on any atom is 0.0763 e. The molecule has 4 nitrogen and oxygen atoms in total. The van der Waals surface area contributed by atoms with Crippen LogP contribution in [0, 0.1) is 0 Å². The third-order valence-corrected chi connectivity index (χ3v) is 4.80. The van der Waals surface area contributed by atoms with Gasteiger partial charge in [-0.05, 0) is 35.2 Å². The first-order valence-corrected chi connectivity index (χ1v) is 8.40. The Balaban J connectivity index is 1.66. The van der Waals surface area contributed by atoms with Crippen molar-refractivity contribution < 1.29 is 0 Å². The smallest absolute Gasteiger partial charge is 0.0763 e. The molecule has 24 heavy (non-hydrogen) atoms. The van der Waals surface area contributed by atoms with Crippen molar-refractivity contribution in [2.45, 2.75) is 19.5 Å². The molecule has 1 aliphatic heterocycles. The Labute approximate surface area is 142 Å². The quantitative estimate of drug-likeness (QED) is 0.804. The summed E-state index contributed by atoms with van der Waals surface area (Å²) in [6.07, 6.45) is 1.09. The van der Waals surface area contributed by atoms with Crippen LogP contribution in [0.2, 0.25) is 0 Å². The monoisotopic (exact) mass is 318 g/mol. The number of hydrogen-bond donors (Lipinski definition) is 1. The number of benzene rings is 2. The maximum atomic E-state index is 5.71. The van der Waals surface area contributed by atoms with Crippen molar-refractivity contribution in [1.82, 2.24) is 9.78 Å². The largest absolute Gasteiger partial charge is 0.365 e. The molecule has 0 aliphatic carbocycles. The van der Waals surface area contributed by atoms with E-state index in [1.807, 2.05) is 11.7 Å². The van der Waals surface area contributed by atoms with Crippen molar-refractivity contribution in [1.29, 1.82) is 0 Å². The number of nitrogens with zero attached hydrogens (tertiary/aromatic N) is 3. The molecule has 2 N–H and O–H groups in total. The molecule has 0 radical (unpaired) electrons. The lowest BCUT2D eigenvalue weighted by Gasteiger charge is -2.20. The predicted molar refractivity (Wildman–Crippen MR) is 97.7 cm³/mol. The molecule has 4 heteroatoms. The Hall–Kier alpha value is -2.59. The summed E-state index contributed by atoms with van der Waals surface area (Å²) in [5, 5.41) is 4.46. The Bertz CT molecular complexity index is 851. The minimum Gasteiger partial charge on any atom is -0.365 e. The van der Waals surface area contributed by atoms with E-state index in [-0.39, 0.29) is 0 Å². The van der Waals surface area contributed by atoms with Gasteiger partial charge in [0.25, 0.3) is 0 Å². The number of anilines is 1. The number of aromatic nitrogens is 2. The molecule has 0 bridgehead atoms. The molecule has 3 aromatic rings. The molecule has 1 aromatic heterocycles. The van der Waals surface area contributed by atoms with Crippen LogP contribution in [-0.4, -0.2) is 16.3 Å². The average Bonchev–Trinajstić information content (AvgIpc) is 3.20. The van der Waals surface area contributed by atoms with Gasteiger partial charge in [0.05, 0.1) is 17.9 Å². The molecule has 122 valence electrons. The van der Waals surface area contributed by atoms with Gasteiger partial charge >= 0.3 is 0 Å². The number of hydrogen-bond acceptors (Lipinski definition) is 3. The van der Waals surface area contributed by atoms with Gasteiger partial charge in [-0.15, -0.1) is 0 Å². The second-order valence-electron chi connectivity index (χ2n) is 6.30. The van der Waals surface area contributed by atoms with E-state index in [2.05, 4.69) is 64.6 Å². The van der Waals surface area contributed by atoms with Crippen molar-refractivity contribution in [2.75, 3.05) is 11.4 Å². The third-order valence-electron chi connectivity index (χ3n) is 4.80. The van der Waals surface area contributed by atoms with Gasteiger partial charge in [0, 0.05) is 25.8 Å². The summed E-state index contributed by atoms with van der Waals surface area (Å²) in [5.74, 6) is 0. The summed E-state index contributed by atoms with van der Waals surface area (Å²) in [7, 11) is 1.99. The molecular weight excluding hydrogens is 296 g/mol. The highest BCUT2D eigenvalue weighted by molar-refractivity contribution is 5.76. The minimum absolute atomic E-state index is 0.489. The van der Waals surface area contributed by atoms with Gasteiger partial charge in [-0.3, -0.25) is 4.68 Å². The summed E-state index contributed by atoms with van der Waals surface area (Å²) < 4.78 is 1.95. The molecule has 1 aliphatic rings. The predicted octanol–water partition coefficient (Wildman–Crippen LogP) is 3.11. The molecule has 2 heterocycles. The van der Waals surface area contributed by atoms with E-state index in [9.17, 15) is 0 Å². The fourth-order valence-electron chi connectivity index (χ4n) is 3.57. The maximum absolute atomic E-state index is 5.71. The second kappa shape index (κ2) is 6.13. The molecule has 0 fully saturated rings. The van der Waals surface area contributed by atoms with Crippen LogP contribution in [0.25, 0.3) is 11.1 Å². The fraction of sp³-hybridized carbons (Fsp3) is 0.250. The first-order chi connectivity index (χ1) is 11.8. The fourth-order valence-corrected chi connectivity index (χ4v) is 3.57. The summed E-state index contributed by atoms with van der Waals surface area (Å²) in [4.78, 5) is 2.44. The lowest BCUT2D eigenvalue weighted by Crippen LogP contribution is -2.21. The standard InChI is InChI=1S/C20H22N4/c1-23-17(12-16(13-21)22-23)14-24-11-10-19-18(8-5-9-20(19)24)15-6-3-2-4-7-15/h2-9,12H,10-11,13-14,21H2,1H3. The zero-order valence-electron chi connectivity index (χ0n) is 13.9.